The summed E-state index contributed by atoms with van der Waals surface area (Å²) in [6.07, 6.45) is 1.43. The lowest BCUT2D eigenvalue weighted by atomic mass is 10.0. The number of alkyl halides is 1. The zero-order valence-corrected chi connectivity index (χ0v) is 29.6. The minimum absolute atomic E-state index is 0.0597. The molecule has 3 heterocycles. The normalized spacial score (nSPS) is 16.5. The number of nitrogens with one attached hydrogen (secondary N) is 1. The molecule has 5 aromatic rings. The number of pyridine rings is 1. The third-order valence-electron chi connectivity index (χ3n) is 8.28. The van der Waals surface area contributed by atoms with Crippen LogP contribution < -0.4 is 10.1 Å². The second-order valence-electron chi connectivity index (χ2n) is 13.6. The highest BCUT2D eigenvalue weighted by molar-refractivity contribution is 7.89. The van der Waals surface area contributed by atoms with Gasteiger partial charge in [-0.15, -0.1) is 0 Å². The van der Waals surface area contributed by atoms with E-state index in [0.717, 1.165) is 5.56 Å². The van der Waals surface area contributed by atoms with E-state index in [9.17, 15) is 17.6 Å². The third-order valence-corrected chi connectivity index (χ3v) is 9.78. The Morgan fingerprint density at radius 2 is 1.71 bits per heavy atom. The second kappa shape index (κ2) is 14.6. The molecule has 2 atom stereocenters. The molecule has 3 aromatic carbocycles. The lowest BCUT2D eigenvalue weighted by Crippen LogP contribution is -2.51. The van der Waals surface area contributed by atoms with Gasteiger partial charge in [-0.05, 0) is 74.5 Å². The summed E-state index contributed by atoms with van der Waals surface area (Å²) in [7, 11) is -3.72. The smallest absolute Gasteiger partial charge is 0.410 e. The molecule has 0 radical (unpaired) electrons. The summed E-state index contributed by atoms with van der Waals surface area (Å²) in [6.45, 7) is 7.25. The molecular formula is C38H39F2N5O5S. The summed E-state index contributed by atoms with van der Waals surface area (Å²) in [4.78, 5) is 27.5. The maximum atomic E-state index is 15.3. The van der Waals surface area contributed by atoms with Crippen LogP contribution in [0.4, 0.5) is 19.5 Å². The lowest BCUT2D eigenvalue weighted by molar-refractivity contribution is 0.0124. The van der Waals surface area contributed by atoms with Crippen molar-refractivity contribution in [2.75, 3.05) is 18.4 Å². The number of benzene rings is 3. The van der Waals surface area contributed by atoms with Crippen LogP contribution >= 0.6 is 0 Å². The molecule has 1 aliphatic heterocycles. The molecular weight excluding hydrogens is 677 g/mol. The Kier molecular flexibility index (Phi) is 10.2. The Balaban J connectivity index is 1.26. The van der Waals surface area contributed by atoms with Crippen LogP contribution in [-0.2, 0) is 26.1 Å². The molecule has 0 spiro atoms. The van der Waals surface area contributed by atoms with Gasteiger partial charge in [-0.25, -0.2) is 36.9 Å². The molecule has 0 saturated carbocycles. The predicted octanol–water partition coefficient (Wildman–Crippen LogP) is 7.81. The van der Waals surface area contributed by atoms with Gasteiger partial charge in [0, 0.05) is 42.4 Å². The SMILES string of the molecule is Cc1ccc2c(CS(=O)(=O)Cc3ccccc3)c(F)ccc2c1Oc1ncccc1-c1ccnc(NC2CC(F)CN(C(=O)OC(C)(C)C)C2)n1. The van der Waals surface area contributed by atoms with E-state index in [1.165, 1.54) is 11.0 Å². The number of amides is 1. The van der Waals surface area contributed by atoms with Gasteiger partial charge in [0.25, 0.3) is 0 Å². The van der Waals surface area contributed by atoms with Gasteiger partial charge < -0.3 is 19.7 Å². The highest BCUT2D eigenvalue weighted by Crippen LogP contribution is 2.38. The number of likely N-dealkylation sites (tertiary alicyclic amines) is 1. The number of rotatable bonds is 9. The number of halogens is 2. The van der Waals surface area contributed by atoms with Crippen LogP contribution in [0.5, 0.6) is 11.6 Å². The number of hydrogen-bond donors (Lipinski definition) is 1. The number of hydrogen-bond acceptors (Lipinski definition) is 9. The summed E-state index contributed by atoms with van der Waals surface area (Å²) < 4.78 is 68.3. The highest BCUT2D eigenvalue weighted by atomic mass is 32.2. The van der Waals surface area contributed by atoms with Crippen LogP contribution in [-0.4, -0.2) is 65.3 Å². The average molecular weight is 716 g/mol. The monoisotopic (exact) mass is 715 g/mol. The molecule has 2 aromatic heterocycles. The fourth-order valence-electron chi connectivity index (χ4n) is 6.05. The molecule has 2 unspecified atom stereocenters. The van der Waals surface area contributed by atoms with Crippen LogP contribution in [0.3, 0.4) is 0 Å². The van der Waals surface area contributed by atoms with E-state index in [2.05, 4.69) is 20.3 Å². The molecule has 1 fully saturated rings. The lowest BCUT2D eigenvalue weighted by Gasteiger charge is -2.36. The maximum absolute atomic E-state index is 15.3. The summed E-state index contributed by atoms with van der Waals surface area (Å²) in [5.74, 6) is -0.511. The van der Waals surface area contributed by atoms with Gasteiger partial charge >= 0.3 is 6.09 Å². The first-order valence-electron chi connectivity index (χ1n) is 16.5. The Morgan fingerprint density at radius 3 is 2.47 bits per heavy atom. The van der Waals surface area contributed by atoms with Gasteiger partial charge in [-0.3, -0.25) is 0 Å². The van der Waals surface area contributed by atoms with Gasteiger partial charge in [0.05, 0.1) is 29.3 Å². The van der Waals surface area contributed by atoms with E-state index in [4.69, 9.17) is 9.47 Å². The molecule has 266 valence electrons. The largest absolute Gasteiger partial charge is 0.444 e. The van der Waals surface area contributed by atoms with Crippen molar-refractivity contribution in [3.63, 3.8) is 0 Å². The number of piperidine rings is 1. The van der Waals surface area contributed by atoms with Crippen molar-refractivity contribution < 1.29 is 31.5 Å². The number of ether oxygens (including phenoxy) is 2. The number of nitrogens with zero attached hydrogens (tertiary/aromatic N) is 4. The van der Waals surface area contributed by atoms with Gasteiger partial charge in [-0.2, -0.15) is 0 Å². The number of aryl methyl sites for hydroxylation is 1. The minimum atomic E-state index is -3.72. The van der Waals surface area contributed by atoms with Crippen molar-refractivity contribution >= 4 is 32.7 Å². The number of fused-ring (bicyclic) bond motifs is 1. The molecule has 1 saturated heterocycles. The zero-order chi connectivity index (χ0) is 36.3. The van der Waals surface area contributed by atoms with Gasteiger partial charge in [0.15, 0.2) is 9.84 Å². The topological polar surface area (TPSA) is 124 Å². The van der Waals surface area contributed by atoms with Gasteiger partial charge in [0.2, 0.25) is 11.8 Å². The van der Waals surface area contributed by atoms with Crippen molar-refractivity contribution in [3.05, 3.63) is 108 Å². The van der Waals surface area contributed by atoms with Crippen molar-refractivity contribution in [1.82, 2.24) is 19.9 Å². The fraction of sp³-hybridized carbons (Fsp3) is 0.316. The van der Waals surface area contributed by atoms with E-state index < -0.39 is 45.3 Å². The van der Waals surface area contributed by atoms with E-state index in [1.54, 1.807) is 99.9 Å². The molecule has 13 heteroatoms. The maximum Gasteiger partial charge on any atom is 0.410 e. The number of sulfone groups is 1. The highest BCUT2D eigenvalue weighted by Gasteiger charge is 2.33. The van der Waals surface area contributed by atoms with Crippen LogP contribution in [0.25, 0.3) is 22.0 Å². The summed E-state index contributed by atoms with van der Waals surface area (Å²) in [5.41, 5.74) is 1.68. The van der Waals surface area contributed by atoms with Crippen LogP contribution in [0.2, 0.25) is 0 Å². The summed E-state index contributed by atoms with van der Waals surface area (Å²) in [5, 5.41) is 4.10. The van der Waals surface area contributed by atoms with E-state index in [0.29, 0.717) is 33.3 Å². The van der Waals surface area contributed by atoms with Crippen LogP contribution in [0, 0.1) is 12.7 Å². The number of carbonyl (C=O) groups is 1. The summed E-state index contributed by atoms with van der Waals surface area (Å²) >= 11 is 0. The Hall–Kier alpha value is -5.17. The molecule has 1 N–H and O–H groups in total. The number of anilines is 1. The summed E-state index contributed by atoms with van der Waals surface area (Å²) in [6, 6.07) is 19.8. The van der Waals surface area contributed by atoms with E-state index in [1.807, 2.05) is 6.92 Å². The molecule has 1 aliphatic rings. The van der Waals surface area contributed by atoms with Crippen LogP contribution in [0.1, 0.15) is 43.9 Å². The number of aromatic nitrogens is 3. The zero-order valence-electron chi connectivity index (χ0n) is 28.8. The fourth-order valence-corrected chi connectivity index (χ4v) is 7.58. The molecule has 0 aliphatic carbocycles. The van der Waals surface area contributed by atoms with Crippen LogP contribution in [0.15, 0.2) is 85.2 Å². The minimum Gasteiger partial charge on any atom is -0.444 e. The molecule has 0 bridgehead atoms. The predicted molar refractivity (Wildman–Crippen MR) is 191 cm³/mol. The third kappa shape index (κ3) is 8.77. The Morgan fingerprint density at radius 1 is 0.941 bits per heavy atom. The molecule has 10 nitrogen and oxygen atoms in total. The first-order valence-corrected chi connectivity index (χ1v) is 18.4. The van der Waals surface area contributed by atoms with Crippen molar-refractivity contribution in [2.45, 2.75) is 63.4 Å². The standard InChI is InChI=1S/C38H39F2N5O5S/c1-24-12-13-28-29(14-15-32(40)31(28)23-51(47,48)22-25-9-6-5-7-10-25)34(24)49-35-30(11-8-17-41-35)33-16-18-42-36(44-33)43-27-19-26(39)20-45(21-27)37(46)50-38(2,3)4/h5-18,26-27H,19-23H2,1-4H3,(H,42,43,44). The first-order chi connectivity index (χ1) is 24.2. The second-order valence-corrected chi connectivity index (χ2v) is 15.7. The van der Waals surface area contributed by atoms with Gasteiger partial charge in [0.1, 0.15) is 23.3 Å². The Bertz CT molecular complexity index is 2160. The van der Waals surface area contributed by atoms with Crippen molar-refractivity contribution in [3.8, 4) is 22.9 Å². The quantitative estimate of drug-likeness (QED) is 0.163. The first kappa shape index (κ1) is 35.6. The van der Waals surface area contributed by atoms with Gasteiger partial charge in [-0.1, -0.05) is 42.5 Å². The Labute approximate surface area is 295 Å². The average Bonchev–Trinajstić information content (AvgIpc) is 3.07. The molecule has 6 rings (SSSR count). The number of carbonyl (C=O) groups excluding carboxylic acids is 1. The van der Waals surface area contributed by atoms with E-state index >= 15 is 4.39 Å². The van der Waals surface area contributed by atoms with E-state index in [-0.39, 0.29) is 42.7 Å². The van der Waals surface area contributed by atoms with Crippen molar-refractivity contribution in [1.29, 1.82) is 0 Å². The van der Waals surface area contributed by atoms with Crippen molar-refractivity contribution in [2.24, 2.45) is 0 Å². The molecule has 1 amide bonds. The molecule has 51 heavy (non-hydrogen) atoms.